The van der Waals surface area contributed by atoms with Crippen molar-refractivity contribution in [3.05, 3.63) is 59.0 Å². The highest BCUT2D eigenvalue weighted by atomic mass is 16.5. The van der Waals surface area contributed by atoms with E-state index < -0.39 is 5.97 Å². The third-order valence-corrected chi connectivity index (χ3v) is 6.22. The molecule has 11 heteroatoms. The van der Waals surface area contributed by atoms with Gasteiger partial charge in [0, 0.05) is 35.8 Å². The first-order chi connectivity index (χ1) is 19.3. The van der Waals surface area contributed by atoms with Crippen LogP contribution in [0.1, 0.15) is 47.5 Å². The molecule has 1 aliphatic carbocycles. The Morgan fingerprint density at radius 2 is 2.02 bits per heavy atom. The summed E-state index contributed by atoms with van der Waals surface area (Å²) >= 11 is 0. The van der Waals surface area contributed by atoms with Gasteiger partial charge in [-0.15, -0.1) is 0 Å². The molecule has 0 radical (unpaired) electrons. The first-order valence-electron chi connectivity index (χ1n) is 12.8. The van der Waals surface area contributed by atoms with Crippen LogP contribution in [0, 0.1) is 12.8 Å². The number of pyridine rings is 1. The summed E-state index contributed by atoms with van der Waals surface area (Å²) in [4.78, 5) is 32.0. The van der Waals surface area contributed by atoms with E-state index in [4.69, 9.17) is 23.8 Å². The molecule has 41 heavy (non-hydrogen) atoms. The molecule has 0 spiro atoms. The fourth-order valence-electron chi connectivity index (χ4n) is 3.88. The van der Waals surface area contributed by atoms with Gasteiger partial charge >= 0.3 is 5.97 Å². The quantitative estimate of drug-likeness (QED) is 0.212. The van der Waals surface area contributed by atoms with Crippen LogP contribution in [-0.4, -0.2) is 72.6 Å². The number of carbonyl (C=O) groups is 2. The summed E-state index contributed by atoms with van der Waals surface area (Å²) in [5.74, 6) is 1.03. The number of likely N-dealkylation sites (N-methyl/N-ethyl adjacent to an activating group) is 1. The molecular weight excluding hydrogens is 528 g/mol. The number of furan rings is 1. The van der Waals surface area contributed by atoms with Gasteiger partial charge in [-0.3, -0.25) is 4.79 Å². The molecule has 1 fully saturated rings. The monoisotopic (exact) mass is 564 g/mol. The summed E-state index contributed by atoms with van der Waals surface area (Å²) in [6.45, 7) is 3.38. The van der Waals surface area contributed by atoms with Crippen molar-refractivity contribution in [2.75, 3.05) is 39.2 Å². The number of rotatable bonds is 10. The number of carboxylic acid groups (broad SMARTS) is 1. The minimum absolute atomic E-state index is 0. The second-order valence-corrected chi connectivity index (χ2v) is 9.65. The van der Waals surface area contributed by atoms with Crippen molar-refractivity contribution in [1.29, 1.82) is 0 Å². The number of benzene rings is 1. The van der Waals surface area contributed by atoms with Crippen molar-refractivity contribution >= 4 is 47.7 Å². The second-order valence-electron chi connectivity index (χ2n) is 9.65. The number of nitrogens with zero attached hydrogens (tertiary/aromatic N) is 3. The van der Waals surface area contributed by atoms with Crippen molar-refractivity contribution in [2.45, 2.75) is 27.2 Å². The molecule has 2 aromatic heterocycles. The van der Waals surface area contributed by atoms with Crippen LogP contribution in [0.2, 0.25) is 0 Å². The lowest BCUT2D eigenvalue weighted by atomic mass is 10.1. The zero-order chi connectivity index (χ0) is 28.6. The van der Waals surface area contributed by atoms with Gasteiger partial charge in [0.2, 0.25) is 5.88 Å². The maximum absolute atomic E-state index is 13.0. The zero-order valence-electron chi connectivity index (χ0n) is 22.6. The van der Waals surface area contributed by atoms with Crippen molar-refractivity contribution in [1.82, 2.24) is 9.88 Å². The van der Waals surface area contributed by atoms with E-state index in [9.17, 15) is 9.90 Å². The summed E-state index contributed by atoms with van der Waals surface area (Å²) in [6, 6.07) is 9.31. The number of ether oxygens (including phenoxy) is 2. The molecule has 1 aromatic carbocycles. The molecule has 218 valence electrons. The highest BCUT2D eigenvalue weighted by Gasteiger charge is 2.30. The van der Waals surface area contributed by atoms with Crippen LogP contribution in [0.25, 0.3) is 11.6 Å². The van der Waals surface area contributed by atoms with E-state index in [0.717, 1.165) is 36.3 Å². The Kier molecular flexibility index (Phi) is 10.6. The van der Waals surface area contributed by atoms with E-state index in [-0.39, 0.29) is 36.9 Å². The summed E-state index contributed by atoms with van der Waals surface area (Å²) in [7, 11) is 3.99. The third-order valence-electron chi connectivity index (χ3n) is 6.22. The number of anilines is 2. The van der Waals surface area contributed by atoms with Gasteiger partial charge in [-0.05, 0) is 81.7 Å². The predicted octanol–water partition coefficient (Wildman–Crippen LogP) is 5.53. The van der Waals surface area contributed by atoms with Crippen LogP contribution >= 0.6 is 0 Å². The van der Waals surface area contributed by atoms with Crippen LogP contribution in [-0.2, 0) is 9.53 Å². The maximum Gasteiger partial charge on any atom is 0.347 e. The Morgan fingerprint density at radius 1 is 1.27 bits per heavy atom. The molecule has 3 heterocycles. The highest BCUT2D eigenvalue weighted by molar-refractivity contribution is 6.21. The number of fused-ring (bicyclic) bond motifs is 1. The third kappa shape index (κ3) is 7.95. The zero-order valence-corrected chi connectivity index (χ0v) is 22.6. The normalized spacial score (nSPS) is 14.1. The van der Waals surface area contributed by atoms with Crippen molar-refractivity contribution in [2.24, 2.45) is 10.9 Å². The highest BCUT2D eigenvalue weighted by Crippen LogP contribution is 2.40. The van der Waals surface area contributed by atoms with Crippen molar-refractivity contribution < 1.29 is 33.7 Å². The lowest BCUT2D eigenvalue weighted by molar-refractivity contribution is -0.122. The average molecular weight is 565 g/mol. The molecule has 0 bridgehead atoms. The van der Waals surface area contributed by atoms with Gasteiger partial charge in [-0.2, -0.15) is 0 Å². The number of aliphatic imine (C=N–C) groups is 1. The number of allylic oxidation sites excluding steroid dienone is 1. The standard InChI is InChI=1S/C28H30N4O5.CH2O2.CH4/c1-17-13-20(35-12-11-32(2)3)8-9-22(17)31-27-24(28(34)36-16-18-6-7-18)25(33)23(37-27)14-19-15-30-26-21(19)5-4-10-29-26;2-1-3;/h4-5,8-10,13-15,18,31,33H,6-7,11-12,16H2,1-3H3;1H,(H,2,3);1H4. The molecule has 0 saturated heterocycles. The largest absolute Gasteiger partial charge is 0.504 e. The van der Waals surface area contributed by atoms with Crippen LogP contribution in [0.15, 0.2) is 45.9 Å². The van der Waals surface area contributed by atoms with Gasteiger partial charge in [0.05, 0.1) is 6.61 Å². The number of hydrogen-bond acceptors (Lipinski definition) is 10. The van der Waals surface area contributed by atoms with Crippen LogP contribution in [0.3, 0.4) is 0 Å². The number of hydrogen-bond donors (Lipinski definition) is 3. The summed E-state index contributed by atoms with van der Waals surface area (Å²) in [6.07, 6.45) is 7.05. The van der Waals surface area contributed by atoms with Crippen LogP contribution in [0.4, 0.5) is 17.4 Å². The minimum atomic E-state index is -0.635. The summed E-state index contributed by atoms with van der Waals surface area (Å²) in [5, 5.41) is 21.1. The Balaban J connectivity index is 0.00000111. The van der Waals surface area contributed by atoms with Crippen molar-refractivity contribution in [3.8, 4) is 11.5 Å². The first-order valence-corrected chi connectivity index (χ1v) is 12.8. The van der Waals surface area contributed by atoms with Gasteiger partial charge in [-0.25, -0.2) is 14.8 Å². The molecule has 3 aromatic rings. The number of aromatic nitrogens is 1. The first kappa shape index (κ1) is 30.9. The van der Waals surface area contributed by atoms with Crippen molar-refractivity contribution in [3.63, 3.8) is 0 Å². The van der Waals surface area contributed by atoms with E-state index in [2.05, 4.69) is 20.2 Å². The summed E-state index contributed by atoms with van der Waals surface area (Å²) < 4.78 is 17.3. The van der Waals surface area contributed by atoms with E-state index in [0.29, 0.717) is 36.2 Å². The smallest absolute Gasteiger partial charge is 0.347 e. The van der Waals surface area contributed by atoms with Crippen LogP contribution < -0.4 is 10.1 Å². The molecule has 3 N–H and O–H groups in total. The Bertz CT molecular complexity index is 1420. The number of nitrogens with one attached hydrogen (secondary N) is 1. The predicted molar refractivity (Wildman–Crippen MR) is 158 cm³/mol. The maximum atomic E-state index is 13.0. The van der Waals surface area contributed by atoms with Gasteiger partial charge in [-0.1, -0.05) is 7.43 Å². The van der Waals surface area contributed by atoms with E-state index in [1.165, 1.54) is 0 Å². The van der Waals surface area contributed by atoms with Crippen LogP contribution in [0.5, 0.6) is 11.5 Å². The molecular formula is C30H36N4O7. The molecule has 1 saturated carbocycles. The molecule has 2 aliphatic rings. The van der Waals surface area contributed by atoms with Gasteiger partial charge < -0.3 is 34.3 Å². The molecule has 5 rings (SSSR count). The number of aromatic hydroxyl groups is 1. The lowest BCUT2D eigenvalue weighted by Crippen LogP contribution is -2.19. The molecule has 11 nitrogen and oxygen atoms in total. The van der Waals surface area contributed by atoms with E-state index >= 15 is 0 Å². The number of esters is 1. The van der Waals surface area contributed by atoms with E-state index in [1.807, 2.05) is 51.4 Å². The topological polar surface area (TPSA) is 147 Å². The Hall–Kier alpha value is -4.64. The fraction of sp³-hybridized carbons (Fsp3) is 0.333. The summed E-state index contributed by atoms with van der Waals surface area (Å²) in [5.41, 5.74) is 3.08. The van der Waals surface area contributed by atoms with Gasteiger partial charge in [0.1, 0.15) is 12.4 Å². The Labute approximate surface area is 239 Å². The minimum Gasteiger partial charge on any atom is -0.504 e. The molecule has 0 amide bonds. The van der Waals surface area contributed by atoms with E-state index in [1.54, 1.807) is 18.5 Å². The fourth-order valence-corrected chi connectivity index (χ4v) is 3.88. The lowest BCUT2D eigenvalue weighted by Gasteiger charge is -2.13. The molecule has 0 unspecified atom stereocenters. The molecule has 0 atom stereocenters. The number of carbonyl (C=O) groups excluding carboxylic acids is 1. The Morgan fingerprint density at radius 3 is 2.71 bits per heavy atom. The number of aryl methyl sites for hydroxylation is 1. The van der Waals surface area contributed by atoms with Gasteiger partial charge in [0.25, 0.3) is 6.47 Å². The second kappa shape index (κ2) is 14.1. The van der Waals surface area contributed by atoms with Gasteiger partial charge in [0.15, 0.2) is 22.9 Å². The molecule has 1 aliphatic heterocycles. The average Bonchev–Trinajstić information content (AvgIpc) is 3.59. The SMILES string of the molecule is C.Cc1cc(OCCN(C)C)ccc1Nc1oc(C=C2C=Nc3ncccc32)c(O)c1C(=O)OCC1CC1.O=CO.